The van der Waals surface area contributed by atoms with E-state index in [0.29, 0.717) is 24.1 Å². The summed E-state index contributed by atoms with van der Waals surface area (Å²) in [5.41, 5.74) is -0.195. The molecule has 2 aliphatic rings. The molecule has 0 spiro atoms. The number of aromatic amines is 1. The fourth-order valence-corrected chi connectivity index (χ4v) is 2.98. The van der Waals surface area contributed by atoms with Crippen molar-refractivity contribution in [3.63, 3.8) is 0 Å². The molecule has 108 valence electrons. The molecule has 2 N–H and O–H groups in total. The van der Waals surface area contributed by atoms with Gasteiger partial charge in [0.2, 0.25) is 0 Å². The van der Waals surface area contributed by atoms with E-state index in [1.54, 1.807) is 4.90 Å². The van der Waals surface area contributed by atoms with Gasteiger partial charge in [-0.25, -0.2) is 9.78 Å². The SMILES string of the molecule is CC1CCCN(c2cc(=O)[nH]c(C3CC3)n2)C1C(=O)O. The van der Waals surface area contributed by atoms with Crippen molar-refractivity contribution in [3.05, 3.63) is 22.2 Å². The number of carboxylic acid groups (broad SMARTS) is 1. The Labute approximate surface area is 116 Å². The normalized spacial score (nSPS) is 26.6. The van der Waals surface area contributed by atoms with E-state index in [9.17, 15) is 14.7 Å². The van der Waals surface area contributed by atoms with Crippen LogP contribution in [0.15, 0.2) is 10.9 Å². The summed E-state index contributed by atoms with van der Waals surface area (Å²) in [5.74, 6) is 0.775. The molecular formula is C14H19N3O3. The highest BCUT2D eigenvalue weighted by atomic mass is 16.4. The lowest BCUT2D eigenvalue weighted by Crippen LogP contribution is -2.50. The summed E-state index contributed by atoms with van der Waals surface area (Å²) in [6, 6.07) is 0.824. The molecule has 1 aromatic heterocycles. The predicted molar refractivity (Wildman–Crippen MR) is 74.0 cm³/mol. The number of nitrogens with one attached hydrogen (secondary N) is 1. The first kappa shape index (κ1) is 13.1. The molecule has 2 atom stereocenters. The monoisotopic (exact) mass is 277 g/mol. The Bertz CT molecular complexity index is 579. The summed E-state index contributed by atoms with van der Waals surface area (Å²) < 4.78 is 0. The second-order valence-electron chi connectivity index (χ2n) is 5.86. The number of H-pyrrole nitrogens is 1. The van der Waals surface area contributed by atoms with E-state index in [-0.39, 0.29) is 11.5 Å². The number of aliphatic carboxylic acids is 1. The lowest BCUT2D eigenvalue weighted by atomic mass is 9.91. The molecule has 1 aliphatic heterocycles. The molecule has 0 amide bonds. The molecular weight excluding hydrogens is 258 g/mol. The first-order valence-corrected chi connectivity index (χ1v) is 7.17. The third kappa shape index (κ3) is 2.42. The van der Waals surface area contributed by atoms with Crippen LogP contribution < -0.4 is 10.5 Å². The fourth-order valence-electron chi connectivity index (χ4n) is 2.98. The lowest BCUT2D eigenvalue weighted by Gasteiger charge is -2.38. The van der Waals surface area contributed by atoms with E-state index in [1.807, 2.05) is 6.92 Å². The van der Waals surface area contributed by atoms with Crippen LogP contribution in [-0.4, -0.2) is 33.6 Å². The van der Waals surface area contributed by atoms with Crippen molar-refractivity contribution in [1.29, 1.82) is 0 Å². The number of piperidine rings is 1. The van der Waals surface area contributed by atoms with E-state index in [2.05, 4.69) is 9.97 Å². The highest BCUT2D eigenvalue weighted by molar-refractivity contribution is 5.78. The molecule has 2 unspecified atom stereocenters. The van der Waals surface area contributed by atoms with Crippen LogP contribution in [0.5, 0.6) is 0 Å². The van der Waals surface area contributed by atoms with Crippen LogP contribution in [0.2, 0.25) is 0 Å². The fraction of sp³-hybridized carbons (Fsp3) is 0.643. The summed E-state index contributed by atoms with van der Waals surface area (Å²) >= 11 is 0. The number of hydrogen-bond donors (Lipinski definition) is 2. The van der Waals surface area contributed by atoms with Gasteiger partial charge in [-0.15, -0.1) is 0 Å². The van der Waals surface area contributed by atoms with E-state index in [0.717, 1.165) is 25.7 Å². The third-order valence-electron chi connectivity index (χ3n) is 4.19. The zero-order valence-electron chi connectivity index (χ0n) is 11.5. The average molecular weight is 277 g/mol. The van der Waals surface area contributed by atoms with Crippen molar-refractivity contribution >= 4 is 11.8 Å². The summed E-state index contributed by atoms with van der Waals surface area (Å²) in [5, 5.41) is 9.45. The Morgan fingerprint density at radius 1 is 1.45 bits per heavy atom. The molecule has 1 aliphatic carbocycles. The zero-order chi connectivity index (χ0) is 14.3. The van der Waals surface area contributed by atoms with Gasteiger partial charge in [0.15, 0.2) is 0 Å². The Hall–Kier alpha value is -1.85. The van der Waals surface area contributed by atoms with Crippen LogP contribution in [0.3, 0.4) is 0 Å². The first-order chi connectivity index (χ1) is 9.56. The molecule has 0 bridgehead atoms. The summed E-state index contributed by atoms with van der Waals surface area (Å²) in [7, 11) is 0. The van der Waals surface area contributed by atoms with Crippen LogP contribution in [0.1, 0.15) is 44.3 Å². The van der Waals surface area contributed by atoms with E-state index in [1.165, 1.54) is 6.07 Å². The molecule has 1 saturated carbocycles. The van der Waals surface area contributed by atoms with Crippen molar-refractivity contribution < 1.29 is 9.90 Å². The van der Waals surface area contributed by atoms with Gasteiger partial charge >= 0.3 is 5.97 Å². The van der Waals surface area contributed by atoms with E-state index >= 15 is 0 Å². The van der Waals surface area contributed by atoms with Crippen molar-refractivity contribution in [2.24, 2.45) is 5.92 Å². The minimum absolute atomic E-state index is 0.0618. The Morgan fingerprint density at radius 3 is 2.85 bits per heavy atom. The zero-order valence-corrected chi connectivity index (χ0v) is 11.5. The number of aromatic nitrogens is 2. The third-order valence-corrected chi connectivity index (χ3v) is 4.19. The van der Waals surface area contributed by atoms with Gasteiger partial charge in [0, 0.05) is 18.5 Å². The maximum absolute atomic E-state index is 11.8. The van der Waals surface area contributed by atoms with Gasteiger partial charge in [-0.05, 0) is 31.6 Å². The minimum Gasteiger partial charge on any atom is -0.480 e. The largest absolute Gasteiger partial charge is 0.480 e. The van der Waals surface area contributed by atoms with Gasteiger partial charge in [-0.3, -0.25) is 4.79 Å². The molecule has 3 rings (SSSR count). The van der Waals surface area contributed by atoms with Crippen LogP contribution in [0.4, 0.5) is 5.82 Å². The maximum atomic E-state index is 11.8. The number of anilines is 1. The second-order valence-corrected chi connectivity index (χ2v) is 5.86. The van der Waals surface area contributed by atoms with Crippen molar-refractivity contribution in [2.75, 3.05) is 11.4 Å². The highest BCUT2D eigenvalue weighted by Crippen LogP contribution is 2.38. The van der Waals surface area contributed by atoms with Gasteiger partial charge in [-0.2, -0.15) is 0 Å². The molecule has 6 heteroatoms. The minimum atomic E-state index is -0.841. The van der Waals surface area contributed by atoms with Crippen molar-refractivity contribution in [1.82, 2.24) is 9.97 Å². The molecule has 2 heterocycles. The number of nitrogens with zero attached hydrogens (tertiary/aromatic N) is 2. The summed E-state index contributed by atoms with van der Waals surface area (Å²) in [6.07, 6.45) is 3.92. The second kappa shape index (κ2) is 4.92. The molecule has 6 nitrogen and oxygen atoms in total. The Morgan fingerprint density at radius 2 is 2.20 bits per heavy atom. The average Bonchev–Trinajstić information content (AvgIpc) is 3.21. The maximum Gasteiger partial charge on any atom is 0.326 e. The van der Waals surface area contributed by atoms with Crippen LogP contribution in [0, 0.1) is 5.92 Å². The Kier molecular flexibility index (Phi) is 3.23. The molecule has 0 radical (unpaired) electrons. The van der Waals surface area contributed by atoms with Crippen LogP contribution >= 0.6 is 0 Å². The van der Waals surface area contributed by atoms with Gasteiger partial charge in [0.1, 0.15) is 17.7 Å². The van der Waals surface area contributed by atoms with Crippen LogP contribution in [-0.2, 0) is 4.79 Å². The molecule has 0 aromatic carbocycles. The standard InChI is InChI=1S/C14H19N3O3/c1-8-3-2-6-17(12(8)14(19)20)10-7-11(18)16-13(15-10)9-4-5-9/h7-9,12H,2-6H2,1H3,(H,19,20)(H,15,16,18). The van der Waals surface area contributed by atoms with Crippen LogP contribution in [0.25, 0.3) is 0 Å². The lowest BCUT2D eigenvalue weighted by molar-refractivity contribution is -0.140. The first-order valence-electron chi connectivity index (χ1n) is 7.17. The molecule has 1 aromatic rings. The van der Waals surface area contributed by atoms with E-state index in [4.69, 9.17) is 0 Å². The summed E-state index contributed by atoms with van der Waals surface area (Å²) in [6.45, 7) is 2.59. The molecule has 2 fully saturated rings. The van der Waals surface area contributed by atoms with Gasteiger partial charge < -0.3 is 15.0 Å². The number of carboxylic acids is 1. The van der Waals surface area contributed by atoms with Crippen molar-refractivity contribution in [3.8, 4) is 0 Å². The molecule has 1 saturated heterocycles. The number of carbonyl (C=O) groups is 1. The van der Waals surface area contributed by atoms with Gasteiger partial charge in [0.25, 0.3) is 5.56 Å². The number of hydrogen-bond acceptors (Lipinski definition) is 4. The van der Waals surface area contributed by atoms with E-state index < -0.39 is 12.0 Å². The highest BCUT2D eigenvalue weighted by Gasteiger charge is 2.36. The number of rotatable bonds is 3. The Balaban J connectivity index is 1.97. The van der Waals surface area contributed by atoms with Crippen molar-refractivity contribution in [2.45, 2.75) is 44.6 Å². The topological polar surface area (TPSA) is 86.3 Å². The van der Waals surface area contributed by atoms with Gasteiger partial charge in [-0.1, -0.05) is 6.92 Å². The smallest absolute Gasteiger partial charge is 0.326 e. The molecule has 20 heavy (non-hydrogen) atoms. The summed E-state index contributed by atoms with van der Waals surface area (Å²) in [4.78, 5) is 32.3. The quantitative estimate of drug-likeness (QED) is 0.870. The predicted octanol–water partition coefficient (Wildman–Crippen LogP) is 1.34. The van der Waals surface area contributed by atoms with Gasteiger partial charge in [0.05, 0.1) is 0 Å².